The Morgan fingerprint density at radius 1 is 1.44 bits per heavy atom. The third-order valence-electron chi connectivity index (χ3n) is 2.56. The maximum Gasteiger partial charge on any atom is 0.254 e. The Bertz CT molecular complexity index is 552. The van der Waals surface area contributed by atoms with Crippen molar-refractivity contribution in [2.45, 2.75) is 6.54 Å². The summed E-state index contributed by atoms with van der Waals surface area (Å²) < 4.78 is 5.99. The number of rotatable bonds is 3. The normalized spacial score (nSPS) is 10.3. The van der Waals surface area contributed by atoms with E-state index in [9.17, 15) is 4.79 Å². The van der Waals surface area contributed by atoms with Crippen LogP contribution in [0.2, 0.25) is 0 Å². The molecule has 0 radical (unpaired) electrons. The van der Waals surface area contributed by atoms with Crippen LogP contribution in [-0.2, 0) is 6.54 Å². The molecular weight excluding hydrogens is 296 g/mol. The minimum Gasteiger partial charge on any atom is -0.467 e. The lowest BCUT2D eigenvalue weighted by molar-refractivity contribution is 0.0775. The smallest absolute Gasteiger partial charge is 0.254 e. The summed E-state index contributed by atoms with van der Waals surface area (Å²) in [5.41, 5.74) is 6.87. The number of hydrogen-bond acceptors (Lipinski definition) is 3. The number of amides is 1. The Morgan fingerprint density at radius 2 is 2.22 bits per heavy atom. The zero-order valence-electron chi connectivity index (χ0n) is 9.89. The van der Waals surface area contributed by atoms with E-state index in [-0.39, 0.29) is 5.91 Å². The Hall–Kier alpha value is -1.75. The van der Waals surface area contributed by atoms with Gasteiger partial charge in [0.1, 0.15) is 5.76 Å². The number of hydrogen-bond donors (Lipinski definition) is 1. The van der Waals surface area contributed by atoms with Crippen LogP contribution in [0.15, 0.2) is 45.5 Å². The number of carbonyl (C=O) groups excluding carboxylic acids is 1. The average Bonchev–Trinajstić information content (AvgIpc) is 2.84. The van der Waals surface area contributed by atoms with Gasteiger partial charge in [-0.15, -0.1) is 0 Å². The van der Waals surface area contributed by atoms with E-state index in [0.717, 1.165) is 10.2 Å². The van der Waals surface area contributed by atoms with Crippen LogP contribution in [0.4, 0.5) is 5.69 Å². The van der Waals surface area contributed by atoms with Crippen molar-refractivity contribution in [3.8, 4) is 0 Å². The molecule has 0 aliphatic heterocycles. The highest BCUT2D eigenvalue weighted by Gasteiger charge is 2.13. The summed E-state index contributed by atoms with van der Waals surface area (Å²) in [4.78, 5) is 13.7. The van der Waals surface area contributed by atoms with Crippen molar-refractivity contribution in [3.05, 3.63) is 52.4 Å². The summed E-state index contributed by atoms with van der Waals surface area (Å²) in [5.74, 6) is 0.654. The zero-order chi connectivity index (χ0) is 13.1. The van der Waals surface area contributed by atoms with Gasteiger partial charge in [0.2, 0.25) is 0 Å². The molecule has 0 bridgehead atoms. The van der Waals surface area contributed by atoms with Crippen LogP contribution in [0.1, 0.15) is 16.1 Å². The standard InChI is InChI=1S/C13H13BrN2O2/c1-16(8-10-3-2-6-18-10)13(17)9-4-5-11(14)12(15)7-9/h2-7H,8,15H2,1H3. The van der Waals surface area contributed by atoms with Crippen LogP contribution in [0.5, 0.6) is 0 Å². The molecule has 0 aliphatic carbocycles. The average molecular weight is 309 g/mol. The van der Waals surface area contributed by atoms with Gasteiger partial charge in [-0.2, -0.15) is 0 Å². The van der Waals surface area contributed by atoms with Crippen molar-refractivity contribution >= 4 is 27.5 Å². The summed E-state index contributed by atoms with van der Waals surface area (Å²) in [7, 11) is 1.73. The SMILES string of the molecule is CN(Cc1ccco1)C(=O)c1ccc(Br)c(N)c1. The fourth-order valence-corrected chi connectivity index (χ4v) is 1.85. The Kier molecular flexibility index (Phi) is 3.72. The molecule has 4 nitrogen and oxygen atoms in total. The largest absolute Gasteiger partial charge is 0.467 e. The highest BCUT2D eigenvalue weighted by atomic mass is 79.9. The van der Waals surface area contributed by atoms with Crippen molar-refractivity contribution < 1.29 is 9.21 Å². The topological polar surface area (TPSA) is 59.5 Å². The number of nitrogens with zero attached hydrogens (tertiary/aromatic N) is 1. The molecule has 0 fully saturated rings. The molecule has 0 atom stereocenters. The first kappa shape index (κ1) is 12.7. The van der Waals surface area contributed by atoms with Gasteiger partial charge < -0.3 is 15.1 Å². The zero-order valence-corrected chi connectivity index (χ0v) is 11.5. The first-order valence-electron chi connectivity index (χ1n) is 5.41. The molecule has 0 unspecified atom stereocenters. The fraction of sp³-hybridized carbons (Fsp3) is 0.154. The fourth-order valence-electron chi connectivity index (χ4n) is 1.61. The number of nitrogen functional groups attached to an aromatic ring is 1. The second-order valence-corrected chi connectivity index (χ2v) is 4.83. The van der Waals surface area contributed by atoms with Crippen molar-refractivity contribution in [2.24, 2.45) is 0 Å². The first-order valence-corrected chi connectivity index (χ1v) is 6.20. The molecule has 5 heteroatoms. The van der Waals surface area contributed by atoms with Crippen LogP contribution in [0.3, 0.4) is 0 Å². The van der Waals surface area contributed by atoms with Gasteiger partial charge in [-0.25, -0.2) is 0 Å². The van der Waals surface area contributed by atoms with Crippen molar-refractivity contribution in [1.29, 1.82) is 0 Å². The summed E-state index contributed by atoms with van der Waals surface area (Å²) in [6, 6.07) is 8.79. The molecule has 1 amide bonds. The third kappa shape index (κ3) is 2.73. The second kappa shape index (κ2) is 5.27. The summed E-state index contributed by atoms with van der Waals surface area (Å²) >= 11 is 3.30. The molecule has 1 aromatic heterocycles. The Morgan fingerprint density at radius 3 is 2.83 bits per heavy atom. The Balaban J connectivity index is 2.12. The lowest BCUT2D eigenvalue weighted by Crippen LogP contribution is -2.26. The second-order valence-electron chi connectivity index (χ2n) is 3.98. The molecule has 0 saturated heterocycles. The van der Waals surface area contributed by atoms with E-state index in [1.807, 2.05) is 6.07 Å². The maximum absolute atomic E-state index is 12.1. The monoisotopic (exact) mass is 308 g/mol. The first-order chi connectivity index (χ1) is 8.58. The van der Waals surface area contributed by atoms with Crippen molar-refractivity contribution in [3.63, 3.8) is 0 Å². The summed E-state index contributed by atoms with van der Waals surface area (Å²) in [6.07, 6.45) is 1.59. The van der Waals surface area contributed by atoms with E-state index in [4.69, 9.17) is 10.2 Å². The quantitative estimate of drug-likeness (QED) is 0.887. The van der Waals surface area contributed by atoms with Gasteiger partial charge in [-0.3, -0.25) is 4.79 Å². The third-order valence-corrected chi connectivity index (χ3v) is 3.28. The number of benzene rings is 1. The van der Waals surface area contributed by atoms with Gasteiger partial charge in [0.15, 0.2) is 0 Å². The number of furan rings is 1. The van der Waals surface area contributed by atoms with Gasteiger partial charge in [0.05, 0.1) is 12.8 Å². The molecule has 2 N–H and O–H groups in total. The molecule has 0 spiro atoms. The van der Waals surface area contributed by atoms with Gasteiger partial charge in [0, 0.05) is 22.8 Å². The lowest BCUT2D eigenvalue weighted by atomic mass is 10.2. The molecule has 18 heavy (non-hydrogen) atoms. The summed E-state index contributed by atoms with van der Waals surface area (Å²) in [5, 5.41) is 0. The summed E-state index contributed by atoms with van der Waals surface area (Å²) in [6.45, 7) is 0.432. The predicted octanol–water partition coefficient (Wildman–Crippen LogP) is 2.90. The van der Waals surface area contributed by atoms with Gasteiger partial charge in [-0.05, 0) is 46.3 Å². The molecular formula is C13H13BrN2O2. The highest BCUT2D eigenvalue weighted by Crippen LogP contribution is 2.21. The molecule has 2 rings (SSSR count). The molecule has 0 saturated carbocycles. The predicted molar refractivity (Wildman–Crippen MR) is 73.1 cm³/mol. The van der Waals surface area contributed by atoms with Crippen LogP contribution in [0, 0.1) is 0 Å². The number of anilines is 1. The van der Waals surface area contributed by atoms with Gasteiger partial charge in [0.25, 0.3) is 5.91 Å². The minimum atomic E-state index is -0.0920. The van der Waals surface area contributed by atoms with E-state index >= 15 is 0 Å². The minimum absolute atomic E-state index is 0.0920. The van der Waals surface area contributed by atoms with Crippen molar-refractivity contribution in [1.82, 2.24) is 4.90 Å². The van der Waals surface area contributed by atoms with E-state index in [1.54, 1.807) is 42.5 Å². The van der Waals surface area contributed by atoms with Crippen molar-refractivity contribution in [2.75, 3.05) is 12.8 Å². The molecule has 2 aromatic rings. The van der Waals surface area contributed by atoms with E-state index in [1.165, 1.54) is 0 Å². The molecule has 1 heterocycles. The van der Waals surface area contributed by atoms with E-state index in [0.29, 0.717) is 17.8 Å². The number of carbonyl (C=O) groups is 1. The molecule has 94 valence electrons. The van der Waals surface area contributed by atoms with Gasteiger partial charge in [-0.1, -0.05) is 0 Å². The van der Waals surface area contributed by atoms with Gasteiger partial charge >= 0.3 is 0 Å². The molecule has 0 aliphatic rings. The maximum atomic E-state index is 12.1. The van der Waals surface area contributed by atoms with E-state index < -0.39 is 0 Å². The number of halogens is 1. The van der Waals surface area contributed by atoms with Crippen LogP contribution in [0.25, 0.3) is 0 Å². The van der Waals surface area contributed by atoms with Crippen LogP contribution >= 0.6 is 15.9 Å². The van der Waals surface area contributed by atoms with Crippen LogP contribution < -0.4 is 5.73 Å². The highest BCUT2D eigenvalue weighted by molar-refractivity contribution is 9.10. The molecule has 1 aromatic carbocycles. The Labute approximate surface area is 114 Å². The number of nitrogens with two attached hydrogens (primary N) is 1. The lowest BCUT2D eigenvalue weighted by Gasteiger charge is -2.16. The van der Waals surface area contributed by atoms with E-state index in [2.05, 4.69) is 15.9 Å². The van der Waals surface area contributed by atoms with Crippen LogP contribution in [-0.4, -0.2) is 17.9 Å².